The van der Waals surface area contributed by atoms with Crippen molar-refractivity contribution < 1.29 is 17.9 Å². The van der Waals surface area contributed by atoms with Gasteiger partial charge in [0.2, 0.25) is 10.0 Å². The predicted octanol–water partition coefficient (Wildman–Crippen LogP) is 3.18. The fraction of sp³-hybridized carbons (Fsp3) is 0.478. The Morgan fingerprint density at radius 2 is 1.94 bits per heavy atom. The number of carbonyl (C=O) groups excluding carboxylic acids is 1. The number of hydrogen-bond donors (Lipinski definition) is 0. The number of ether oxygens (including phenoxy) is 1. The molecule has 1 aromatic heterocycles. The molecule has 1 aromatic carbocycles. The van der Waals surface area contributed by atoms with Crippen LogP contribution in [-0.2, 0) is 10.0 Å². The van der Waals surface area contributed by atoms with Gasteiger partial charge in [0.1, 0.15) is 16.7 Å². The Morgan fingerprint density at radius 1 is 1.16 bits per heavy atom. The highest BCUT2D eigenvalue weighted by molar-refractivity contribution is 7.89. The Balaban J connectivity index is 1.65. The number of hydrogen-bond acceptors (Lipinski definition) is 5. The van der Waals surface area contributed by atoms with Crippen molar-refractivity contribution in [1.82, 2.24) is 14.2 Å². The van der Waals surface area contributed by atoms with Gasteiger partial charge in [0, 0.05) is 38.4 Å². The molecule has 0 aliphatic carbocycles. The summed E-state index contributed by atoms with van der Waals surface area (Å²) < 4.78 is 35.1. The summed E-state index contributed by atoms with van der Waals surface area (Å²) >= 11 is 0. The summed E-state index contributed by atoms with van der Waals surface area (Å²) in [6, 6.07) is 10.1. The first-order chi connectivity index (χ1) is 14.9. The van der Waals surface area contributed by atoms with Crippen LogP contribution >= 0.6 is 0 Å². The zero-order chi connectivity index (χ0) is 22.0. The van der Waals surface area contributed by atoms with Gasteiger partial charge >= 0.3 is 0 Å². The minimum atomic E-state index is -3.70. The molecule has 1 fully saturated rings. The van der Waals surface area contributed by atoms with Gasteiger partial charge in [0.05, 0.1) is 11.6 Å². The average molecular weight is 444 g/mol. The number of sulfonamides is 1. The van der Waals surface area contributed by atoms with Gasteiger partial charge in [-0.05, 0) is 43.0 Å². The predicted molar refractivity (Wildman–Crippen MR) is 117 cm³/mol. The van der Waals surface area contributed by atoms with Crippen LogP contribution in [0.2, 0.25) is 0 Å². The molecule has 0 bridgehead atoms. The van der Waals surface area contributed by atoms with E-state index in [1.165, 1.54) is 0 Å². The van der Waals surface area contributed by atoms with Gasteiger partial charge in [0.15, 0.2) is 0 Å². The van der Waals surface area contributed by atoms with E-state index in [-0.39, 0.29) is 22.9 Å². The lowest BCUT2D eigenvalue weighted by Gasteiger charge is -2.32. The standard InChI is InChI=1S/C23H29N3O4S/c1-17(2)9-15-26-19-10-13-25(23(27)18-6-5-12-24-16-18)14-11-20(19)30-21-7-3-4-8-22(21)31(26,28)29/h3-8,12,16-17,19-20H,9-11,13-15H2,1-2H3/t19-,20-/m1/s1. The molecule has 1 saturated heterocycles. The summed E-state index contributed by atoms with van der Waals surface area (Å²) in [4.78, 5) is 19.0. The first-order valence-corrected chi connectivity index (χ1v) is 12.3. The third-order valence-electron chi connectivity index (χ3n) is 6.01. The zero-order valence-electron chi connectivity index (χ0n) is 18.0. The Labute approximate surface area is 184 Å². The van der Waals surface area contributed by atoms with Crippen LogP contribution in [0.5, 0.6) is 5.75 Å². The van der Waals surface area contributed by atoms with E-state index in [1.54, 1.807) is 58.0 Å². The van der Waals surface area contributed by atoms with Crippen LogP contribution in [0, 0.1) is 5.92 Å². The molecule has 4 rings (SSSR count). The van der Waals surface area contributed by atoms with E-state index in [4.69, 9.17) is 4.74 Å². The summed E-state index contributed by atoms with van der Waals surface area (Å²) in [5.41, 5.74) is 0.542. The molecule has 0 radical (unpaired) electrons. The number of aromatic nitrogens is 1. The number of benzene rings is 1. The number of likely N-dealkylation sites (tertiary alicyclic amines) is 1. The highest BCUT2D eigenvalue weighted by atomic mass is 32.2. The molecule has 2 aliphatic rings. The number of fused-ring (bicyclic) bond motifs is 2. The van der Waals surface area contributed by atoms with Crippen LogP contribution in [0.4, 0.5) is 0 Å². The van der Waals surface area contributed by atoms with Crippen LogP contribution in [-0.4, -0.2) is 60.3 Å². The van der Waals surface area contributed by atoms with Crippen LogP contribution in [0.1, 0.15) is 43.5 Å². The summed E-state index contributed by atoms with van der Waals surface area (Å²) in [5.74, 6) is 0.695. The van der Waals surface area contributed by atoms with Crippen molar-refractivity contribution in [3.05, 3.63) is 54.4 Å². The van der Waals surface area contributed by atoms with Crippen LogP contribution < -0.4 is 4.74 Å². The van der Waals surface area contributed by atoms with Crippen molar-refractivity contribution in [2.24, 2.45) is 5.92 Å². The maximum absolute atomic E-state index is 13.6. The molecule has 2 aliphatic heterocycles. The van der Waals surface area contributed by atoms with Crippen molar-refractivity contribution in [3.63, 3.8) is 0 Å². The molecule has 31 heavy (non-hydrogen) atoms. The molecule has 2 aromatic rings. The molecule has 3 heterocycles. The van der Waals surface area contributed by atoms with Crippen molar-refractivity contribution in [2.75, 3.05) is 19.6 Å². The number of carbonyl (C=O) groups is 1. The second-order valence-corrected chi connectivity index (χ2v) is 10.4. The largest absolute Gasteiger partial charge is 0.487 e. The van der Waals surface area contributed by atoms with Crippen LogP contribution in [0.3, 0.4) is 0 Å². The number of rotatable bonds is 4. The molecular weight excluding hydrogens is 414 g/mol. The smallest absolute Gasteiger partial charge is 0.255 e. The number of nitrogens with zero attached hydrogens (tertiary/aromatic N) is 3. The van der Waals surface area contributed by atoms with E-state index < -0.39 is 10.0 Å². The van der Waals surface area contributed by atoms with Crippen molar-refractivity contribution in [3.8, 4) is 5.75 Å². The summed E-state index contributed by atoms with van der Waals surface area (Å²) in [6.07, 6.45) is 4.76. The van der Waals surface area contributed by atoms with Gasteiger partial charge in [-0.15, -0.1) is 0 Å². The Hall–Kier alpha value is -2.45. The molecule has 0 N–H and O–H groups in total. The maximum atomic E-state index is 13.6. The topological polar surface area (TPSA) is 79.8 Å². The first-order valence-electron chi connectivity index (χ1n) is 10.8. The number of pyridine rings is 1. The van der Waals surface area contributed by atoms with Gasteiger partial charge in [-0.2, -0.15) is 4.31 Å². The lowest BCUT2D eigenvalue weighted by molar-refractivity contribution is 0.0754. The lowest BCUT2D eigenvalue weighted by Crippen LogP contribution is -2.47. The van der Waals surface area contributed by atoms with E-state index in [2.05, 4.69) is 18.8 Å². The summed E-state index contributed by atoms with van der Waals surface area (Å²) in [7, 11) is -3.70. The molecule has 7 nitrogen and oxygen atoms in total. The monoisotopic (exact) mass is 443 g/mol. The molecule has 8 heteroatoms. The highest BCUT2D eigenvalue weighted by Gasteiger charge is 2.43. The third-order valence-corrected chi connectivity index (χ3v) is 7.98. The Kier molecular flexibility index (Phi) is 6.29. The van der Waals surface area contributed by atoms with Gasteiger partial charge in [-0.25, -0.2) is 8.42 Å². The van der Waals surface area contributed by atoms with E-state index in [0.29, 0.717) is 49.7 Å². The highest BCUT2D eigenvalue weighted by Crippen LogP contribution is 2.36. The van der Waals surface area contributed by atoms with Crippen molar-refractivity contribution in [1.29, 1.82) is 0 Å². The molecule has 0 unspecified atom stereocenters. The third kappa shape index (κ3) is 4.45. The SMILES string of the molecule is CC(C)CCN1[C@@H]2CCN(C(=O)c3cccnc3)CC[C@H]2Oc2ccccc2S1(=O)=O. The van der Waals surface area contributed by atoms with Crippen LogP contribution in [0.25, 0.3) is 0 Å². The van der Waals surface area contributed by atoms with E-state index in [1.807, 2.05) is 0 Å². The summed E-state index contributed by atoms with van der Waals surface area (Å²) in [5, 5.41) is 0. The minimum Gasteiger partial charge on any atom is -0.487 e. The van der Waals surface area contributed by atoms with Crippen molar-refractivity contribution in [2.45, 2.75) is 50.2 Å². The van der Waals surface area contributed by atoms with Crippen molar-refractivity contribution >= 4 is 15.9 Å². The van der Waals surface area contributed by atoms with Gasteiger partial charge < -0.3 is 9.64 Å². The van der Waals surface area contributed by atoms with Gasteiger partial charge in [0.25, 0.3) is 5.91 Å². The maximum Gasteiger partial charge on any atom is 0.255 e. The molecule has 0 saturated carbocycles. The Morgan fingerprint density at radius 3 is 2.68 bits per heavy atom. The van der Waals surface area contributed by atoms with E-state index >= 15 is 0 Å². The molecule has 2 atom stereocenters. The molecule has 166 valence electrons. The minimum absolute atomic E-state index is 0.0819. The fourth-order valence-corrected chi connectivity index (χ4v) is 6.12. The average Bonchev–Trinajstić information content (AvgIpc) is 3.01. The Bertz CT molecular complexity index is 1030. The normalized spacial score (nSPS) is 23.3. The number of para-hydroxylation sites is 1. The van der Waals surface area contributed by atoms with E-state index in [0.717, 1.165) is 6.42 Å². The van der Waals surface area contributed by atoms with E-state index in [9.17, 15) is 13.2 Å². The zero-order valence-corrected chi connectivity index (χ0v) is 18.8. The number of amides is 1. The summed E-state index contributed by atoms with van der Waals surface area (Å²) in [6.45, 7) is 5.61. The fourth-order valence-electron chi connectivity index (χ4n) is 4.30. The van der Waals surface area contributed by atoms with Gasteiger partial charge in [-0.3, -0.25) is 9.78 Å². The molecule has 0 spiro atoms. The van der Waals surface area contributed by atoms with Crippen LogP contribution in [0.15, 0.2) is 53.7 Å². The quantitative estimate of drug-likeness (QED) is 0.725. The first kappa shape index (κ1) is 21.8. The second-order valence-electron chi connectivity index (χ2n) is 8.58. The molecule has 1 amide bonds. The molecular formula is C23H29N3O4S. The van der Waals surface area contributed by atoms with Gasteiger partial charge in [-0.1, -0.05) is 26.0 Å². The second kappa shape index (κ2) is 8.96. The lowest BCUT2D eigenvalue weighted by atomic mass is 10.0.